The van der Waals surface area contributed by atoms with E-state index < -0.39 is 4.92 Å². The van der Waals surface area contributed by atoms with E-state index in [0.29, 0.717) is 23.7 Å². The number of thiol groups is 1. The summed E-state index contributed by atoms with van der Waals surface area (Å²) in [6.45, 7) is 2.34. The van der Waals surface area contributed by atoms with Crippen LogP contribution in [0.25, 0.3) is 0 Å². The molecule has 0 amide bonds. The number of hydrogen-bond donors (Lipinski definition) is 1. The third kappa shape index (κ3) is 3.17. The molecule has 4 nitrogen and oxygen atoms in total. The minimum atomic E-state index is -0.457. The summed E-state index contributed by atoms with van der Waals surface area (Å²) in [5.74, 6) is 6.48. The molecular formula is C11H11NO3S. The molecule has 0 aromatic heterocycles. The van der Waals surface area contributed by atoms with Gasteiger partial charge in [-0.15, -0.1) is 0 Å². The second-order valence-electron chi connectivity index (χ2n) is 2.83. The standard InChI is InChI=1S/C11H11NO3S/c1-2-15-11-6-5-10(12(13)14)8-9(11)4-3-7-16/h5-6,8,16H,2,7H2,1H3. The fraction of sp³-hybridized carbons (Fsp3) is 0.273. The van der Waals surface area contributed by atoms with Gasteiger partial charge in [0, 0.05) is 12.1 Å². The van der Waals surface area contributed by atoms with Crippen LogP contribution in [-0.4, -0.2) is 17.3 Å². The summed E-state index contributed by atoms with van der Waals surface area (Å²) >= 11 is 3.96. The lowest BCUT2D eigenvalue weighted by Gasteiger charge is -2.04. The van der Waals surface area contributed by atoms with Crippen LogP contribution in [0.4, 0.5) is 5.69 Å². The highest BCUT2D eigenvalue weighted by atomic mass is 32.1. The van der Waals surface area contributed by atoms with E-state index in [4.69, 9.17) is 4.74 Å². The van der Waals surface area contributed by atoms with Crippen molar-refractivity contribution in [2.45, 2.75) is 6.92 Å². The van der Waals surface area contributed by atoms with Gasteiger partial charge < -0.3 is 4.74 Å². The van der Waals surface area contributed by atoms with Gasteiger partial charge >= 0.3 is 0 Å². The molecule has 0 N–H and O–H groups in total. The topological polar surface area (TPSA) is 52.4 Å². The number of benzene rings is 1. The van der Waals surface area contributed by atoms with E-state index in [0.717, 1.165) is 0 Å². The maximum absolute atomic E-state index is 10.6. The van der Waals surface area contributed by atoms with E-state index >= 15 is 0 Å². The summed E-state index contributed by atoms with van der Waals surface area (Å²) in [5, 5.41) is 10.6. The molecular weight excluding hydrogens is 226 g/mol. The van der Waals surface area contributed by atoms with Crippen molar-refractivity contribution in [1.29, 1.82) is 0 Å². The van der Waals surface area contributed by atoms with Crippen molar-refractivity contribution in [2.75, 3.05) is 12.4 Å². The summed E-state index contributed by atoms with van der Waals surface area (Å²) in [6.07, 6.45) is 0. The predicted octanol–water partition coefficient (Wildman–Crippen LogP) is 2.27. The molecule has 5 heteroatoms. The number of nitro benzene ring substituents is 1. The number of rotatable bonds is 3. The van der Waals surface area contributed by atoms with Crippen LogP contribution in [0.3, 0.4) is 0 Å². The fourth-order valence-corrected chi connectivity index (χ4v) is 1.22. The molecule has 0 aliphatic rings. The van der Waals surface area contributed by atoms with Gasteiger partial charge in [0.1, 0.15) is 5.75 Å². The van der Waals surface area contributed by atoms with Gasteiger partial charge in [0.05, 0.1) is 22.8 Å². The Morgan fingerprint density at radius 1 is 1.56 bits per heavy atom. The minimum Gasteiger partial charge on any atom is -0.493 e. The Labute approximate surface area is 99.2 Å². The van der Waals surface area contributed by atoms with E-state index in [2.05, 4.69) is 24.5 Å². The van der Waals surface area contributed by atoms with Crippen LogP contribution in [0, 0.1) is 22.0 Å². The third-order valence-electron chi connectivity index (χ3n) is 1.78. The van der Waals surface area contributed by atoms with Gasteiger partial charge in [0.25, 0.3) is 5.69 Å². The molecule has 0 unspecified atom stereocenters. The van der Waals surface area contributed by atoms with Crippen molar-refractivity contribution in [3.05, 3.63) is 33.9 Å². The van der Waals surface area contributed by atoms with Crippen molar-refractivity contribution in [3.8, 4) is 17.6 Å². The van der Waals surface area contributed by atoms with Crippen molar-refractivity contribution in [1.82, 2.24) is 0 Å². The zero-order chi connectivity index (χ0) is 12.0. The Hall–Kier alpha value is -1.67. The second kappa shape index (κ2) is 6.03. The molecule has 1 aromatic carbocycles. The van der Waals surface area contributed by atoms with Crippen molar-refractivity contribution < 1.29 is 9.66 Å². The van der Waals surface area contributed by atoms with Crippen LogP contribution in [0.15, 0.2) is 18.2 Å². The third-order valence-corrected chi connectivity index (χ3v) is 1.93. The van der Waals surface area contributed by atoms with Crippen LogP contribution in [-0.2, 0) is 0 Å². The number of nitro groups is 1. The Bertz CT molecular complexity index is 448. The van der Waals surface area contributed by atoms with Crippen LogP contribution in [0.2, 0.25) is 0 Å². The van der Waals surface area contributed by atoms with Crippen molar-refractivity contribution in [3.63, 3.8) is 0 Å². The number of hydrogen-bond acceptors (Lipinski definition) is 4. The highest BCUT2D eigenvalue weighted by Gasteiger charge is 2.09. The smallest absolute Gasteiger partial charge is 0.270 e. The maximum Gasteiger partial charge on any atom is 0.270 e. The van der Waals surface area contributed by atoms with Crippen LogP contribution < -0.4 is 4.74 Å². The summed E-state index contributed by atoms with van der Waals surface area (Å²) in [5.41, 5.74) is 0.525. The summed E-state index contributed by atoms with van der Waals surface area (Å²) in [4.78, 5) is 10.1. The average molecular weight is 237 g/mol. The Kier molecular flexibility index (Phi) is 4.67. The average Bonchev–Trinajstić information content (AvgIpc) is 2.27. The highest BCUT2D eigenvalue weighted by molar-refractivity contribution is 7.80. The van der Waals surface area contributed by atoms with E-state index in [1.807, 2.05) is 6.92 Å². The van der Waals surface area contributed by atoms with E-state index in [-0.39, 0.29) is 5.69 Å². The largest absolute Gasteiger partial charge is 0.493 e. The number of non-ortho nitro benzene ring substituents is 1. The van der Waals surface area contributed by atoms with E-state index in [9.17, 15) is 10.1 Å². The number of nitrogens with zero attached hydrogens (tertiary/aromatic N) is 1. The van der Waals surface area contributed by atoms with E-state index in [1.165, 1.54) is 12.1 Å². The quantitative estimate of drug-likeness (QED) is 0.380. The lowest BCUT2D eigenvalue weighted by Crippen LogP contribution is -1.96. The summed E-state index contributed by atoms with van der Waals surface area (Å²) in [7, 11) is 0. The maximum atomic E-state index is 10.6. The molecule has 0 heterocycles. The summed E-state index contributed by atoms with van der Waals surface area (Å²) < 4.78 is 5.32. The lowest BCUT2D eigenvalue weighted by molar-refractivity contribution is -0.384. The first-order valence-electron chi connectivity index (χ1n) is 4.70. The molecule has 0 radical (unpaired) electrons. The number of ether oxygens (including phenoxy) is 1. The first-order valence-corrected chi connectivity index (χ1v) is 5.33. The van der Waals surface area contributed by atoms with Gasteiger partial charge in [-0.05, 0) is 13.0 Å². The van der Waals surface area contributed by atoms with Crippen molar-refractivity contribution >= 4 is 18.3 Å². The van der Waals surface area contributed by atoms with E-state index in [1.54, 1.807) is 6.07 Å². The van der Waals surface area contributed by atoms with Gasteiger partial charge in [-0.2, -0.15) is 12.6 Å². The molecule has 0 bridgehead atoms. The minimum absolute atomic E-state index is 0.00640. The molecule has 0 aliphatic carbocycles. The molecule has 16 heavy (non-hydrogen) atoms. The molecule has 0 saturated carbocycles. The van der Waals surface area contributed by atoms with Gasteiger partial charge in [0.15, 0.2) is 0 Å². The van der Waals surface area contributed by atoms with Gasteiger partial charge in [-0.3, -0.25) is 10.1 Å². The van der Waals surface area contributed by atoms with Crippen LogP contribution in [0.5, 0.6) is 5.75 Å². The zero-order valence-corrected chi connectivity index (χ0v) is 9.66. The SMILES string of the molecule is CCOc1ccc([N+](=O)[O-])cc1C#CCS. The first kappa shape index (κ1) is 12.4. The van der Waals surface area contributed by atoms with Crippen LogP contribution in [0.1, 0.15) is 12.5 Å². The monoisotopic (exact) mass is 237 g/mol. The molecule has 0 aliphatic heterocycles. The molecule has 84 valence electrons. The Balaban J connectivity index is 3.15. The normalized spacial score (nSPS) is 9.12. The Morgan fingerprint density at radius 2 is 2.31 bits per heavy atom. The lowest BCUT2D eigenvalue weighted by atomic mass is 10.2. The molecule has 1 aromatic rings. The molecule has 0 fully saturated rings. The van der Waals surface area contributed by atoms with Gasteiger partial charge in [-0.25, -0.2) is 0 Å². The predicted molar refractivity (Wildman–Crippen MR) is 65.0 cm³/mol. The molecule has 1 rings (SSSR count). The summed E-state index contributed by atoms with van der Waals surface area (Å²) in [6, 6.07) is 4.36. The Morgan fingerprint density at radius 3 is 2.88 bits per heavy atom. The molecule has 0 atom stereocenters. The van der Waals surface area contributed by atoms with Crippen molar-refractivity contribution in [2.24, 2.45) is 0 Å². The fourth-order valence-electron chi connectivity index (χ4n) is 1.15. The molecule has 0 saturated heterocycles. The van der Waals surface area contributed by atoms with Gasteiger partial charge in [0.2, 0.25) is 0 Å². The van der Waals surface area contributed by atoms with Crippen LogP contribution >= 0.6 is 12.6 Å². The molecule has 0 spiro atoms. The highest BCUT2D eigenvalue weighted by Crippen LogP contribution is 2.23. The second-order valence-corrected chi connectivity index (χ2v) is 3.15. The zero-order valence-electron chi connectivity index (χ0n) is 8.77. The van der Waals surface area contributed by atoms with Gasteiger partial charge in [-0.1, -0.05) is 11.8 Å². The first-order chi connectivity index (χ1) is 7.69.